The van der Waals surface area contributed by atoms with E-state index in [1.165, 1.54) is 4.90 Å². The minimum Gasteiger partial charge on any atom is -0.357 e. The predicted molar refractivity (Wildman–Crippen MR) is 113 cm³/mol. The van der Waals surface area contributed by atoms with Gasteiger partial charge in [-0.05, 0) is 37.5 Å². The largest absolute Gasteiger partial charge is 0.401 e. The van der Waals surface area contributed by atoms with Crippen molar-refractivity contribution in [3.63, 3.8) is 0 Å². The molecule has 0 spiro atoms. The molecule has 1 aromatic carbocycles. The van der Waals surface area contributed by atoms with Gasteiger partial charge in [-0.3, -0.25) is 9.69 Å². The number of alkyl halides is 3. The van der Waals surface area contributed by atoms with Gasteiger partial charge < -0.3 is 16.0 Å². The molecule has 1 aromatic rings. The van der Waals surface area contributed by atoms with Crippen molar-refractivity contribution in [3.8, 4) is 0 Å². The van der Waals surface area contributed by atoms with Gasteiger partial charge in [0.15, 0.2) is 5.96 Å². The highest BCUT2D eigenvalue weighted by Gasteiger charge is 2.34. The number of benzene rings is 1. The van der Waals surface area contributed by atoms with Gasteiger partial charge >= 0.3 is 6.18 Å². The standard InChI is InChI=1S/C21H32F3N5O/c1-4-15(3)19(30)27-17-8-6-7-16(11-17)12-26-20(25-5-2)28-18-9-10-29(13-18)14-21(22,23)24/h6-8,11,15,18H,4-5,9-10,12-14H2,1-3H3,(H,27,30)(H2,25,26,28). The molecule has 3 N–H and O–H groups in total. The average Bonchev–Trinajstić information content (AvgIpc) is 3.10. The van der Waals surface area contributed by atoms with Crippen molar-refractivity contribution in [2.75, 3.05) is 31.5 Å². The number of hydrogen-bond donors (Lipinski definition) is 3. The van der Waals surface area contributed by atoms with E-state index in [0.29, 0.717) is 38.6 Å². The monoisotopic (exact) mass is 427 g/mol. The van der Waals surface area contributed by atoms with Gasteiger partial charge in [0.2, 0.25) is 5.91 Å². The van der Waals surface area contributed by atoms with Crippen LogP contribution >= 0.6 is 0 Å². The summed E-state index contributed by atoms with van der Waals surface area (Å²) in [5.41, 5.74) is 1.66. The maximum absolute atomic E-state index is 12.6. The summed E-state index contributed by atoms with van der Waals surface area (Å²) in [4.78, 5) is 18.0. The van der Waals surface area contributed by atoms with E-state index in [1.807, 2.05) is 45.0 Å². The fourth-order valence-corrected chi connectivity index (χ4v) is 3.23. The lowest BCUT2D eigenvalue weighted by Gasteiger charge is -2.19. The molecule has 2 unspecified atom stereocenters. The van der Waals surface area contributed by atoms with Crippen LogP contribution in [0.3, 0.4) is 0 Å². The van der Waals surface area contributed by atoms with Gasteiger partial charge in [-0.15, -0.1) is 0 Å². The molecule has 2 atom stereocenters. The van der Waals surface area contributed by atoms with E-state index in [4.69, 9.17) is 0 Å². The molecular weight excluding hydrogens is 395 g/mol. The molecule has 168 valence electrons. The molecule has 1 aliphatic rings. The van der Waals surface area contributed by atoms with Crippen molar-refractivity contribution >= 4 is 17.6 Å². The van der Waals surface area contributed by atoms with E-state index < -0.39 is 12.7 Å². The van der Waals surface area contributed by atoms with Gasteiger partial charge in [0.1, 0.15) is 0 Å². The molecule has 1 heterocycles. The molecular formula is C21H32F3N5O. The molecule has 0 saturated carbocycles. The molecule has 6 nitrogen and oxygen atoms in total. The fraction of sp³-hybridized carbons (Fsp3) is 0.619. The second-order valence-electron chi connectivity index (χ2n) is 7.67. The minimum absolute atomic E-state index is 0.0159. The summed E-state index contributed by atoms with van der Waals surface area (Å²) in [7, 11) is 0. The van der Waals surface area contributed by atoms with Crippen LogP contribution in [0.5, 0.6) is 0 Å². The first-order chi connectivity index (χ1) is 14.2. The Bertz CT molecular complexity index is 723. The summed E-state index contributed by atoms with van der Waals surface area (Å²) in [5.74, 6) is 0.503. The summed E-state index contributed by atoms with van der Waals surface area (Å²) in [6.45, 7) is 6.70. The second-order valence-corrected chi connectivity index (χ2v) is 7.67. The third-order valence-electron chi connectivity index (χ3n) is 5.03. The van der Waals surface area contributed by atoms with Crippen molar-refractivity contribution in [3.05, 3.63) is 29.8 Å². The quantitative estimate of drug-likeness (QED) is 0.440. The minimum atomic E-state index is -4.18. The van der Waals surface area contributed by atoms with Crippen molar-refractivity contribution in [1.29, 1.82) is 0 Å². The first-order valence-electron chi connectivity index (χ1n) is 10.4. The van der Waals surface area contributed by atoms with E-state index in [1.54, 1.807) is 0 Å². The van der Waals surface area contributed by atoms with Crippen LogP contribution in [0.25, 0.3) is 0 Å². The lowest BCUT2D eigenvalue weighted by molar-refractivity contribution is -0.143. The Morgan fingerprint density at radius 2 is 2.10 bits per heavy atom. The highest BCUT2D eigenvalue weighted by Crippen LogP contribution is 2.20. The number of nitrogens with one attached hydrogen (secondary N) is 3. The number of carbonyl (C=O) groups is 1. The number of carbonyl (C=O) groups excluding carboxylic acids is 1. The summed E-state index contributed by atoms with van der Waals surface area (Å²) in [5, 5.41) is 9.28. The molecule has 1 amide bonds. The molecule has 0 bridgehead atoms. The smallest absolute Gasteiger partial charge is 0.357 e. The summed E-state index contributed by atoms with van der Waals surface area (Å²) in [6, 6.07) is 7.43. The number of rotatable bonds is 8. The van der Waals surface area contributed by atoms with Gasteiger partial charge in [0, 0.05) is 37.3 Å². The normalized spacial score (nSPS) is 18.9. The Hall–Kier alpha value is -2.29. The van der Waals surface area contributed by atoms with Crippen LogP contribution in [0.1, 0.15) is 39.2 Å². The molecule has 1 fully saturated rings. The predicted octanol–water partition coefficient (Wildman–Crippen LogP) is 3.36. The number of amides is 1. The zero-order valence-electron chi connectivity index (χ0n) is 17.9. The van der Waals surface area contributed by atoms with Gasteiger partial charge in [0.05, 0.1) is 13.1 Å². The molecule has 0 radical (unpaired) electrons. The first-order valence-corrected chi connectivity index (χ1v) is 10.4. The van der Waals surface area contributed by atoms with Crippen molar-refractivity contribution < 1.29 is 18.0 Å². The maximum Gasteiger partial charge on any atom is 0.401 e. The van der Waals surface area contributed by atoms with Crippen LogP contribution in [-0.4, -0.2) is 55.2 Å². The average molecular weight is 428 g/mol. The highest BCUT2D eigenvalue weighted by molar-refractivity contribution is 5.92. The van der Waals surface area contributed by atoms with Crippen LogP contribution in [-0.2, 0) is 11.3 Å². The third kappa shape index (κ3) is 8.22. The van der Waals surface area contributed by atoms with Crippen molar-refractivity contribution in [2.24, 2.45) is 10.9 Å². The van der Waals surface area contributed by atoms with Crippen molar-refractivity contribution in [2.45, 2.75) is 52.4 Å². The van der Waals surface area contributed by atoms with Crippen LogP contribution in [0.4, 0.5) is 18.9 Å². The molecule has 30 heavy (non-hydrogen) atoms. The second kappa shape index (κ2) is 11.2. The summed E-state index contributed by atoms with van der Waals surface area (Å²) < 4.78 is 37.7. The van der Waals surface area contributed by atoms with E-state index in [2.05, 4.69) is 20.9 Å². The van der Waals surface area contributed by atoms with E-state index in [0.717, 1.165) is 17.7 Å². The lowest BCUT2D eigenvalue weighted by atomic mass is 10.1. The lowest BCUT2D eigenvalue weighted by Crippen LogP contribution is -2.45. The molecule has 9 heteroatoms. The number of nitrogens with zero attached hydrogens (tertiary/aromatic N) is 2. The van der Waals surface area contributed by atoms with Crippen LogP contribution in [0, 0.1) is 5.92 Å². The van der Waals surface area contributed by atoms with E-state index in [-0.39, 0.29) is 17.9 Å². The first kappa shape index (κ1) is 24.0. The Balaban J connectivity index is 1.95. The van der Waals surface area contributed by atoms with Gasteiger partial charge in [-0.25, -0.2) is 4.99 Å². The summed E-state index contributed by atoms with van der Waals surface area (Å²) >= 11 is 0. The van der Waals surface area contributed by atoms with Gasteiger partial charge in [-0.1, -0.05) is 26.0 Å². The highest BCUT2D eigenvalue weighted by atomic mass is 19.4. The van der Waals surface area contributed by atoms with E-state index in [9.17, 15) is 18.0 Å². The fourth-order valence-electron chi connectivity index (χ4n) is 3.23. The molecule has 1 aliphatic heterocycles. The molecule has 1 saturated heterocycles. The number of anilines is 1. The Kier molecular flexibility index (Phi) is 8.95. The Morgan fingerprint density at radius 3 is 2.77 bits per heavy atom. The maximum atomic E-state index is 12.6. The molecule has 0 aliphatic carbocycles. The van der Waals surface area contributed by atoms with E-state index >= 15 is 0 Å². The summed E-state index contributed by atoms with van der Waals surface area (Å²) in [6.07, 6.45) is -2.77. The Morgan fingerprint density at radius 1 is 1.33 bits per heavy atom. The number of halogens is 3. The molecule has 0 aromatic heterocycles. The van der Waals surface area contributed by atoms with Crippen LogP contribution in [0.2, 0.25) is 0 Å². The van der Waals surface area contributed by atoms with Gasteiger partial charge in [0.25, 0.3) is 0 Å². The third-order valence-corrected chi connectivity index (χ3v) is 5.03. The number of aliphatic imine (C=N–C) groups is 1. The number of hydrogen-bond acceptors (Lipinski definition) is 3. The molecule has 2 rings (SSSR count). The van der Waals surface area contributed by atoms with Crippen LogP contribution < -0.4 is 16.0 Å². The van der Waals surface area contributed by atoms with Crippen molar-refractivity contribution in [1.82, 2.24) is 15.5 Å². The number of guanidine groups is 1. The Labute approximate surface area is 176 Å². The zero-order valence-corrected chi connectivity index (χ0v) is 17.9. The van der Waals surface area contributed by atoms with Gasteiger partial charge in [-0.2, -0.15) is 13.2 Å². The van der Waals surface area contributed by atoms with Crippen LogP contribution in [0.15, 0.2) is 29.3 Å². The topological polar surface area (TPSA) is 68.8 Å². The zero-order chi connectivity index (χ0) is 22.1. The SMILES string of the molecule is CCNC(=NCc1cccc(NC(=O)C(C)CC)c1)NC1CCN(CC(F)(F)F)C1. The number of likely N-dealkylation sites (tertiary alicyclic amines) is 1.